The van der Waals surface area contributed by atoms with Crippen molar-refractivity contribution < 1.29 is 26.4 Å². The number of amides is 2. The third kappa shape index (κ3) is 7.41. The van der Waals surface area contributed by atoms with Gasteiger partial charge in [-0.05, 0) is 68.7 Å². The zero-order valence-electron chi connectivity index (χ0n) is 21.3. The molecule has 2 aromatic rings. The molecule has 0 bridgehead atoms. The molecule has 0 aliphatic carbocycles. The number of hydrogen-bond donors (Lipinski definition) is 2. The monoisotopic (exact) mass is 572 g/mol. The van der Waals surface area contributed by atoms with E-state index >= 15 is 0 Å². The van der Waals surface area contributed by atoms with E-state index in [0.717, 1.165) is 11.6 Å². The van der Waals surface area contributed by atoms with Gasteiger partial charge in [-0.25, -0.2) is 21.6 Å². The van der Waals surface area contributed by atoms with Crippen molar-refractivity contribution >= 4 is 54.2 Å². The summed E-state index contributed by atoms with van der Waals surface area (Å²) in [7, 11) is -7.31. The van der Waals surface area contributed by atoms with Crippen LogP contribution in [0.1, 0.15) is 33.6 Å². The van der Waals surface area contributed by atoms with E-state index in [1.165, 1.54) is 17.0 Å². The first kappa shape index (κ1) is 29.3. The molecule has 2 amide bonds. The highest BCUT2D eigenvalue weighted by Gasteiger charge is 2.40. The molecular formula is C24H33ClN4O6S2. The van der Waals surface area contributed by atoms with E-state index in [1.54, 1.807) is 36.1 Å². The largest absolute Gasteiger partial charge is 0.338 e. The standard InChI is InChI=1S/C24H33ClN4O6S2/c1-16(2)28(12-5-11-26-36(4,32)33)23(30)17(3)29-13-10-22(24(29)31)27-37(34,35)21-9-7-18-14-20(25)8-6-19(18)15-21/h6-9,14-17,22,26-27H,5,10-13H2,1-4H3/t17-,22-/m0/s1. The molecule has 13 heteroatoms. The van der Waals surface area contributed by atoms with Crippen LogP contribution >= 0.6 is 11.6 Å². The SMILES string of the molecule is CC(C)N(CCCNS(C)(=O)=O)C(=O)[C@H](C)N1CC[C@H](NS(=O)(=O)c2ccc3cc(Cl)ccc3c2)C1=O. The molecular weight excluding hydrogens is 540 g/mol. The van der Waals surface area contributed by atoms with Crippen LogP contribution in [0.25, 0.3) is 10.8 Å². The molecule has 0 aromatic heterocycles. The van der Waals surface area contributed by atoms with Crippen LogP contribution in [0, 0.1) is 0 Å². The summed E-state index contributed by atoms with van der Waals surface area (Å²) < 4.78 is 53.5. The molecule has 2 aromatic carbocycles. The Morgan fingerprint density at radius 2 is 1.76 bits per heavy atom. The second-order valence-electron chi connectivity index (χ2n) is 9.47. The Kier molecular flexibility index (Phi) is 9.23. The molecule has 10 nitrogen and oxygen atoms in total. The lowest BCUT2D eigenvalue weighted by molar-refractivity contribution is -0.144. The smallest absolute Gasteiger partial charge is 0.245 e. The fraction of sp³-hybridized carbons (Fsp3) is 0.500. The normalized spacial score (nSPS) is 17.5. The van der Waals surface area contributed by atoms with Crippen LogP contribution in [0.4, 0.5) is 0 Å². The number of carbonyl (C=O) groups excluding carboxylic acids is 2. The van der Waals surface area contributed by atoms with E-state index in [1.807, 2.05) is 13.8 Å². The minimum absolute atomic E-state index is 0.0337. The van der Waals surface area contributed by atoms with E-state index in [9.17, 15) is 26.4 Å². The molecule has 204 valence electrons. The number of nitrogens with one attached hydrogen (secondary N) is 2. The lowest BCUT2D eigenvalue weighted by atomic mass is 10.1. The minimum atomic E-state index is -3.99. The fourth-order valence-corrected chi connectivity index (χ4v) is 6.27. The highest BCUT2D eigenvalue weighted by atomic mass is 35.5. The number of benzene rings is 2. The van der Waals surface area contributed by atoms with Gasteiger partial charge < -0.3 is 9.80 Å². The van der Waals surface area contributed by atoms with E-state index in [-0.39, 0.29) is 36.4 Å². The van der Waals surface area contributed by atoms with E-state index in [4.69, 9.17) is 11.6 Å². The Labute approximate surface area is 223 Å². The van der Waals surface area contributed by atoms with Crippen molar-refractivity contribution in [3.63, 3.8) is 0 Å². The highest BCUT2D eigenvalue weighted by molar-refractivity contribution is 7.89. The van der Waals surface area contributed by atoms with Crippen molar-refractivity contribution in [2.45, 2.75) is 56.6 Å². The zero-order valence-corrected chi connectivity index (χ0v) is 23.7. The van der Waals surface area contributed by atoms with Gasteiger partial charge in [-0.1, -0.05) is 23.7 Å². The van der Waals surface area contributed by atoms with Gasteiger partial charge in [-0.15, -0.1) is 0 Å². The topological polar surface area (TPSA) is 133 Å². The Bertz CT molecular complexity index is 1380. The number of hydrogen-bond acceptors (Lipinski definition) is 6. The van der Waals surface area contributed by atoms with Crippen molar-refractivity contribution in [2.75, 3.05) is 25.9 Å². The Morgan fingerprint density at radius 1 is 1.11 bits per heavy atom. The van der Waals surface area contributed by atoms with Crippen LogP contribution in [0.15, 0.2) is 41.3 Å². The predicted octanol–water partition coefficient (Wildman–Crippen LogP) is 1.94. The average molecular weight is 573 g/mol. The first-order chi connectivity index (χ1) is 17.2. The molecule has 3 rings (SSSR count). The van der Waals surface area contributed by atoms with E-state index in [0.29, 0.717) is 23.4 Å². The summed E-state index contributed by atoms with van der Waals surface area (Å²) >= 11 is 6.00. The van der Waals surface area contributed by atoms with Crippen molar-refractivity contribution in [1.82, 2.24) is 19.2 Å². The second-order valence-corrected chi connectivity index (χ2v) is 13.5. The van der Waals surface area contributed by atoms with Gasteiger partial charge in [-0.2, -0.15) is 4.72 Å². The summed E-state index contributed by atoms with van der Waals surface area (Å²) in [5.74, 6) is -0.737. The quantitative estimate of drug-likeness (QED) is 0.395. The summed E-state index contributed by atoms with van der Waals surface area (Å²) in [6, 6.07) is 7.84. The minimum Gasteiger partial charge on any atom is -0.338 e. The van der Waals surface area contributed by atoms with Crippen molar-refractivity contribution in [2.24, 2.45) is 0 Å². The van der Waals surface area contributed by atoms with Crippen LogP contribution in [0.2, 0.25) is 5.02 Å². The second kappa shape index (κ2) is 11.6. The van der Waals surface area contributed by atoms with Gasteiger partial charge in [0.2, 0.25) is 31.9 Å². The highest BCUT2D eigenvalue weighted by Crippen LogP contribution is 2.24. The van der Waals surface area contributed by atoms with Crippen LogP contribution in [-0.2, 0) is 29.6 Å². The molecule has 1 aliphatic rings. The Hall–Kier alpha value is -2.25. The number of fused-ring (bicyclic) bond motifs is 1. The summed E-state index contributed by atoms with van der Waals surface area (Å²) in [5, 5.41) is 2.04. The lowest BCUT2D eigenvalue weighted by Crippen LogP contribution is -2.52. The maximum absolute atomic E-state index is 13.2. The molecule has 1 heterocycles. The molecule has 0 spiro atoms. The van der Waals surface area contributed by atoms with Gasteiger partial charge in [-0.3, -0.25) is 9.59 Å². The van der Waals surface area contributed by atoms with Crippen LogP contribution in [0.3, 0.4) is 0 Å². The zero-order chi connectivity index (χ0) is 27.5. The lowest BCUT2D eigenvalue weighted by Gasteiger charge is -2.33. The third-order valence-corrected chi connectivity index (χ3v) is 8.73. The Balaban J connectivity index is 1.66. The first-order valence-electron chi connectivity index (χ1n) is 12.0. The molecule has 0 saturated carbocycles. The molecule has 37 heavy (non-hydrogen) atoms. The van der Waals surface area contributed by atoms with E-state index < -0.39 is 38.0 Å². The molecule has 2 N–H and O–H groups in total. The van der Waals surface area contributed by atoms with Crippen LogP contribution < -0.4 is 9.44 Å². The van der Waals surface area contributed by atoms with Crippen LogP contribution in [-0.4, -0.2) is 82.5 Å². The molecule has 1 aliphatic heterocycles. The maximum atomic E-state index is 13.2. The molecule has 0 unspecified atom stereocenters. The van der Waals surface area contributed by atoms with Crippen LogP contribution in [0.5, 0.6) is 0 Å². The molecule has 1 fully saturated rings. The number of sulfonamides is 2. The van der Waals surface area contributed by atoms with Gasteiger partial charge in [0.25, 0.3) is 0 Å². The summed E-state index contributed by atoms with van der Waals surface area (Å²) in [5.41, 5.74) is 0. The summed E-state index contributed by atoms with van der Waals surface area (Å²) in [4.78, 5) is 29.3. The van der Waals surface area contributed by atoms with Gasteiger partial charge >= 0.3 is 0 Å². The van der Waals surface area contributed by atoms with Gasteiger partial charge in [0, 0.05) is 30.7 Å². The first-order valence-corrected chi connectivity index (χ1v) is 15.7. The van der Waals surface area contributed by atoms with Crippen molar-refractivity contribution in [3.8, 4) is 0 Å². The number of likely N-dealkylation sites (tertiary alicyclic amines) is 1. The maximum Gasteiger partial charge on any atom is 0.245 e. The molecule has 0 radical (unpaired) electrons. The number of rotatable bonds is 11. The van der Waals surface area contributed by atoms with Gasteiger partial charge in [0.15, 0.2) is 0 Å². The molecule has 1 saturated heterocycles. The van der Waals surface area contributed by atoms with E-state index in [2.05, 4.69) is 9.44 Å². The summed E-state index contributed by atoms with van der Waals surface area (Å²) in [6.07, 6.45) is 1.72. The molecule has 2 atom stereocenters. The van der Waals surface area contributed by atoms with Gasteiger partial charge in [0.05, 0.1) is 11.2 Å². The summed E-state index contributed by atoms with van der Waals surface area (Å²) in [6.45, 7) is 6.04. The predicted molar refractivity (Wildman–Crippen MR) is 143 cm³/mol. The van der Waals surface area contributed by atoms with Crippen molar-refractivity contribution in [1.29, 1.82) is 0 Å². The van der Waals surface area contributed by atoms with Gasteiger partial charge in [0.1, 0.15) is 12.1 Å². The average Bonchev–Trinajstić information content (AvgIpc) is 3.16. The Morgan fingerprint density at radius 3 is 2.41 bits per heavy atom. The number of halogens is 1. The van der Waals surface area contributed by atoms with Crippen molar-refractivity contribution in [3.05, 3.63) is 41.4 Å². The number of carbonyl (C=O) groups is 2. The fourth-order valence-electron chi connectivity index (χ4n) is 4.32. The number of nitrogens with zero attached hydrogens (tertiary/aromatic N) is 2. The third-order valence-electron chi connectivity index (χ3n) is 6.29.